The zero-order chi connectivity index (χ0) is 48.2. The first kappa shape index (κ1) is 5.78. The first-order chi connectivity index (χ1) is 25.9. The van der Waals surface area contributed by atoms with E-state index in [9.17, 15) is 14.4 Å². The highest BCUT2D eigenvalue weighted by atomic mass is 16.5. The van der Waals surface area contributed by atoms with Crippen molar-refractivity contribution < 1.29 is 60.1 Å². The zero-order valence-corrected chi connectivity index (χ0v) is 16.1. The summed E-state index contributed by atoms with van der Waals surface area (Å²) >= 11 is 0. The molecule has 0 aromatic heterocycles. The van der Waals surface area contributed by atoms with Gasteiger partial charge in [0, 0.05) is 62.8 Å². The van der Waals surface area contributed by atoms with Gasteiger partial charge in [0.1, 0.15) is 6.08 Å². The predicted octanol–water partition coefficient (Wildman–Crippen LogP) is 4.87. The third-order valence-corrected chi connectivity index (χ3v) is 3.86. The van der Waals surface area contributed by atoms with E-state index >= 15 is 0 Å². The van der Waals surface area contributed by atoms with Crippen LogP contribution in [0.25, 0.3) is 0 Å². The number of carbonyl (C=O) groups excluding carboxylic acids is 1. The number of nitrogens with zero attached hydrogens (tertiary/aromatic N) is 1. The molecule has 0 N–H and O–H groups in total. The molecular weight excluding hydrogens is 378 g/mol. The Morgan fingerprint density at radius 1 is 1.40 bits per heavy atom. The molecule has 1 aromatic carbocycles. The second-order valence-corrected chi connectivity index (χ2v) is 5.97. The van der Waals surface area contributed by atoms with Crippen molar-refractivity contribution in [2.24, 2.45) is 23.6 Å². The van der Waals surface area contributed by atoms with Gasteiger partial charge in [0.25, 0.3) is 0 Å². The fraction of sp³-hybridized carbons (Fsp3) is 0.720. The molecule has 30 heavy (non-hydrogen) atoms. The molecule has 168 valence electrons. The Labute approximate surface area is 224 Å². The maximum atomic E-state index is 14.2. The van der Waals surface area contributed by atoms with E-state index < -0.39 is 141 Å². The van der Waals surface area contributed by atoms with Crippen LogP contribution < -0.4 is 9.47 Å². The van der Waals surface area contributed by atoms with Crippen molar-refractivity contribution in [1.29, 1.82) is 0 Å². The summed E-state index contributed by atoms with van der Waals surface area (Å²) < 4.78 is 271. The predicted molar refractivity (Wildman–Crippen MR) is 119 cm³/mol. The lowest BCUT2D eigenvalue weighted by Gasteiger charge is -2.47. The molecule has 0 bridgehead atoms. The zero-order valence-electron chi connectivity index (χ0n) is 46.1. The highest BCUT2D eigenvalue weighted by Crippen LogP contribution is 2.44. The number of hydrogen-bond acceptors (Lipinski definition) is 5. The van der Waals surface area contributed by atoms with E-state index in [0.717, 1.165) is 0 Å². The van der Waals surface area contributed by atoms with Gasteiger partial charge in [-0.3, -0.25) is 9.69 Å². The molecule has 1 fully saturated rings. The summed E-state index contributed by atoms with van der Waals surface area (Å²) in [6, 6.07) is -7.78. The number of benzene rings is 1. The largest absolute Gasteiger partial charge is 0.493 e. The molecule has 2 aliphatic rings. The van der Waals surface area contributed by atoms with Gasteiger partial charge < -0.3 is 14.2 Å². The summed E-state index contributed by atoms with van der Waals surface area (Å²) in [7, 11) is -2.88. The Balaban J connectivity index is 2.84. The van der Waals surface area contributed by atoms with E-state index in [1.54, 1.807) is 0 Å². The summed E-state index contributed by atoms with van der Waals surface area (Å²) in [6.45, 7) is -21.7. The number of fused-ring (bicyclic) bond motifs is 3. The van der Waals surface area contributed by atoms with Gasteiger partial charge in [-0.15, -0.1) is 0 Å². The van der Waals surface area contributed by atoms with Crippen LogP contribution in [-0.2, 0) is 15.9 Å². The average Bonchev–Trinajstić information content (AvgIpc) is 3.00. The van der Waals surface area contributed by atoms with Gasteiger partial charge in [0.15, 0.2) is 11.5 Å². The number of ether oxygens (including phenoxy) is 3. The first-order valence-electron chi connectivity index (χ1n) is 23.3. The van der Waals surface area contributed by atoms with Crippen molar-refractivity contribution in [2.75, 3.05) is 27.1 Å². The Morgan fingerprint density at radius 3 is 2.90 bits per heavy atom. The van der Waals surface area contributed by atoms with Crippen LogP contribution >= 0.6 is 0 Å². The van der Waals surface area contributed by atoms with Gasteiger partial charge in [-0.05, 0) is 47.7 Å². The minimum Gasteiger partial charge on any atom is -0.493 e. The fourth-order valence-electron chi connectivity index (χ4n) is 2.39. The quantitative estimate of drug-likeness (QED) is 0.558. The minimum absolute atomic E-state index is 0.0756. The maximum absolute atomic E-state index is 14.2. The Morgan fingerprint density at radius 2 is 2.20 bits per heavy atom. The molecule has 5 atom stereocenters. The first-order valence-corrected chi connectivity index (χ1v) is 8.30. The van der Waals surface area contributed by atoms with E-state index in [1.807, 2.05) is 0 Å². The van der Waals surface area contributed by atoms with Crippen LogP contribution in [0.15, 0.2) is 12.1 Å². The van der Waals surface area contributed by atoms with Gasteiger partial charge >= 0.3 is 5.97 Å². The van der Waals surface area contributed by atoms with Crippen molar-refractivity contribution in [3.63, 3.8) is 0 Å². The Hall–Kier alpha value is -1.75. The van der Waals surface area contributed by atoms with Crippen molar-refractivity contribution >= 4 is 5.97 Å². The van der Waals surface area contributed by atoms with E-state index in [-0.39, 0.29) is 13.8 Å². The summed E-state index contributed by atoms with van der Waals surface area (Å²) in [5, 5.41) is 0. The van der Waals surface area contributed by atoms with Crippen LogP contribution in [0.5, 0.6) is 11.5 Å². The molecule has 2 heterocycles. The molecule has 4 unspecified atom stereocenters. The van der Waals surface area contributed by atoms with Crippen molar-refractivity contribution in [3.8, 4) is 11.5 Å². The molecule has 0 spiro atoms. The summed E-state index contributed by atoms with van der Waals surface area (Å²) in [5.41, 5.74) is -3.45. The van der Waals surface area contributed by atoms with E-state index in [2.05, 4.69) is 0 Å². The summed E-state index contributed by atoms with van der Waals surface area (Å²) in [6.07, 6.45) is -19.1. The van der Waals surface area contributed by atoms with E-state index in [4.69, 9.17) is 45.7 Å². The van der Waals surface area contributed by atoms with Crippen LogP contribution in [0.4, 0.5) is 0 Å². The van der Waals surface area contributed by atoms with Crippen molar-refractivity contribution in [1.82, 2.24) is 4.90 Å². The number of rotatable bonds is 7. The maximum Gasteiger partial charge on any atom is 0.309 e. The van der Waals surface area contributed by atoms with E-state index in [1.165, 1.54) is 0 Å². The van der Waals surface area contributed by atoms with E-state index in [0.29, 0.717) is 7.11 Å². The molecule has 5 nitrogen and oxygen atoms in total. The highest BCUT2D eigenvalue weighted by Gasteiger charge is 2.41. The number of methoxy groups -OCH3 is 2. The smallest absolute Gasteiger partial charge is 0.309 e. The Kier molecular flexibility index (Phi) is 1.85. The van der Waals surface area contributed by atoms with Crippen LogP contribution in [0, 0.1) is 23.6 Å². The lowest BCUT2D eigenvalue weighted by molar-refractivity contribution is -0.163. The molecule has 2 aliphatic heterocycles. The SMILES string of the molecule is [2H]c1c(OC([2H])([2H])[2H])c(OC)c([2H])c2c1C([2H])([2H])C([2H])([2H])N1C([2H])([2H])C([2H])(C([2H])([2H])C([2H])(C)C([2H])([2H])[2H])C([2H])(OC(=O)[C@@]([2H])(C)C([2H])(C([2H])([2H])[2H])C([2H])([2H])[2H])C([2H])([2H])C21[2H]. The third kappa shape index (κ3) is 4.77. The topological polar surface area (TPSA) is 48.0 Å². The van der Waals surface area contributed by atoms with Gasteiger partial charge in [-0.2, -0.15) is 0 Å². The van der Waals surface area contributed by atoms with Crippen molar-refractivity contribution in [3.05, 3.63) is 23.2 Å². The molecular formula is C25H39NO4. The van der Waals surface area contributed by atoms with Crippen LogP contribution in [-0.4, -0.2) is 44.1 Å². The Bertz CT molecular complexity index is 1900. The molecule has 0 amide bonds. The molecule has 0 radical (unpaired) electrons. The molecule has 5 heteroatoms. The molecule has 3 rings (SSSR count). The average molecular weight is 448 g/mol. The van der Waals surface area contributed by atoms with Gasteiger partial charge in [0.2, 0.25) is 0 Å². The van der Waals surface area contributed by atoms with Crippen molar-refractivity contribution in [2.45, 2.75) is 65.6 Å². The van der Waals surface area contributed by atoms with Crippen LogP contribution in [0.1, 0.15) is 105 Å². The van der Waals surface area contributed by atoms with Gasteiger partial charge in [-0.25, -0.2) is 0 Å². The second kappa shape index (κ2) is 9.59. The molecule has 0 saturated carbocycles. The highest BCUT2D eigenvalue weighted by molar-refractivity contribution is 5.72. The minimum atomic E-state index is -5.20. The number of piperidine rings is 1. The second-order valence-electron chi connectivity index (χ2n) is 5.97. The number of esters is 1. The summed E-state index contributed by atoms with van der Waals surface area (Å²) in [4.78, 5) is 13.3. The standard InChI is InChI=1S/C25H39NO4/c1-15(2)10-19-14-26-9-8-18-11-23(28-6)24(29-7)12-20(18)21(26)13-22(19)30-25(27)17(5)16(3)4/h11-12,15-17,19,21-22H,8-10,13-14H2,1-7H3/t17-,19?,21?,22?/m0/s1/i1D3,3D3,4D3,6D3,8D2,9D2,10D2,11D,12D,13D2,14D2,15D,16D,17D,19D,21D,22D/t15?,17-,19?,21?,22?. The third-order valence-electron chi connectivity index (χ3n) is 3.86. The normalized spacial score (nSPS) is 59.2. The van der Waals surface area contributed by atoms with Crippen LogP contribution in [0.2, 0.25) is 0 Å². The number of hydrogen-bond donors (Lipinski definition) is 0. The molecule has 1 aromatic rings. The number of carbonyl (C=O) groups is 1. The van der Waals surface area contributed by atoms with Gasteiger partial charge in [0.05, 0.1) is 29.6 Å². The van der Waals surface area contributed by atoms with Crippen LogP contribution in [0.3, 0.4) is 0 Å². The fourth-order valence-corrected chi connectivity index (χ4v) is 2.39. The van der Waals surface area contributed by atoms with Gasteiger partial charge in [-0.1, -0.05) is 34.4 Å². The monoisotopic (exact) mass is 447 g/mol. The lowest BCUT2D eigenvalue weighted by atomic mass is 9.79. The molecule has 0 aliphatic carbocycles. The lowest BCUT2D eigenvalue weighted by Crippen LogP contribution is -2.50. The molecule has 1 saturated heterocycles. The summed E-state index contributed by atoms with van der Waals surface area (Å²) in [5.74, 6) is -23.2.